The summed E-state index contributed by atoms with van der Waals surface area (Å²) in [5, 5.41) is 0. The van der Waals surface area contributed by atoms with Gasteiger partial charge in [-0.05, 0) is 30.1 Å². The van der Waals surface area contributed by atoms with Crippen LogP contribution in [0.2, 0.25) is 0 Å². The summed E-state index contributed by atoms with van der Waals surface area (Å²) in [6.45, 7) is 16.4. The van der Waals surface area contributed by atoms with E-state index in [2.05, 4.69) is 0 Å². The maximum Gasteiger partial charge on any atom is 0.306 e. The van der Waals surface area contributed by atoms with Gasteiger partial charge >= 0.3 is 11.9 Å². The molecule has 136 valence electrons. The number of ether oxygens (including phenoxy) is 2. The Morgan fingerprint density at radius 3 is 1.09 bits per heavy atom. The molecule has 0 bridgehead atoms. The Kier molecular flexibility index (Phi) is 10.2. The first kappa shape index (κ1) is 21.9. The van der Waals surface area contributed by atoms with E-state index in [-0.39, 0.29) is 37.0 Å². The standard InChI is InChI=1S/C19H36O4/c1-12(2)18(13(3)4)22-16(20)10-9-11-17(21)23-19(14(5)6)15(7)8/h12-15,18-19H,9-11H2,1-8H3. The smallest absolute Gasteiger partial charge is 0.306 e. The average molecular weight is 328 g/mol. The number of carbonyl (C=O) groups excluding carboxylic acids is 2. The molecule has 0 amide bonds. The van der Waals surface area contributed by atoms with E-state index >= 15 is 0 Å². The third-order valence-electron chi connectivity index (χ3n) is 3.93. The summed E-state index contributed by atoms with van der Waals surface area (Å²) in [4.78, 5) is 23.8. The van der Waals surface area contributed by atoms with Crippen LogP contribution in [0.3, 0.4) is 0 Å². The van der Waals surface area contributed by atoms with Gasteiger partial charge in [-0.25, -0.2) is 0 Å². The highest BCUT2D eigenvalue weighted by molar-refractivity contribution is 5.72. The molecule has 0 aromatic heterocycles. The van der Waals surface area contributed by atoms with Crippen LogP contribution < -0.4 is 0 Å². The largest absolute Gasteiger partial charge is 0.462 e. The molecule has 0 heterocycles. The minimum absolute atomic E-state index is 0.0688. The molecule has 4 nitrogen and oxygen atoms in total. The summed E-state index contributed by atoms with van der Waals surface area (Å²) in [6.07, 6.45) is 0.864. The lowest BCUT2D eigenvalue weighted by molar-refractivity contribution is -0.156. The highest BCUT2D eigenvalue weighted by Crippen LogP contribution is 2.19. The molecule has 0 radical (unpaired) electrons. The third kappa shape index (κ3) is 8.97. The predicted octanol–water partition coefficient (Wildman–Crippen LogP) is 4.60. The monoisotopic (exact) mass is 328 g/mol. The summed E-state index contributed by atoms with van der Waals surface area (Å²) in [7, 11) is 0. The molecule has 0 unspecified atom stereocenters. The van der Waals surface area contributed by atoms with Crippen LogP contribution >= 0.6 is 0 Å². The summed E-state index contributed by atoms with van der Waals surface area (Å²) >= 11 is 0. The van der Waals surface area contributed by atoms with E-state index in [4.69, 9.17) is 9.47 Å². The zero-order valence-electron chi connectivity index (χ0n) is 16.2. The topological polar surface area (TPSA) is 52.6 Å². The van der Waals surface area contributed by atoms with Gasteiger partial charge in [0.05, 0.1) is 0 Å². The van der Waals surface area contributed by atoms with Gasteiger partial charge in [-0.1, -0.05) is 55.4 Å². The normalized spacial score (nSPS) is 12.1. The van der Waals surface area contributed by atoms with Crippen LogP contribution in [0.1, 0.15) is 74.7 Å². The Morgan fingerprint density at radius 1 is 0.609 bits per heavy atom. The van der Waals surface area contributed by atoms with Crippen molar-refractivity contribution >= 4 is 11.9 Å². The second-order valence-electron chi connectivity index (χ2n) is 7.74. The van der Waals surface area contributed by atoms with Crippen molar-refractivity contribution in [3.05, 3.63) is 0 Å². The zero-order valence-corrected chi connectivity index (χ0v) is 16.2. The summed E-state index contributed by atoms with van der Waals surface area (Å²) < 4.78 is 11.0. The predicted molar refractivity (Wildman–Crippen MR) is 93.0 cm³/mol. The van der Waals surface area contributed by atoms with E-state index in [0.717, 1.165) is 0 Å². The first-order valence-corrected chi connectivity index (χ1v) is 8.95. The van der Waals surface area contributed by atoms with Gasteiger partial charge < -0.3 is 9.47 Å². The number of esters is 2. The fourth-order valence-corrected chi connectivity index (χ4v) is 2.88. The van der Waals surface area contributed by atoms with Crippen molar-refractivity contribution < 1.29 is 19.1 Å². The van der Waals surface area contributed by atoms with Crippen LogP contribution in [-0.2, 0) is 19.1 Å². The average Bonchev–Trinajstić information content (AvgIpc) is 2.40. The zero-order chi connectivity index (χ0) is 18.2. The number of hydrogen-bond acceptors (Lipinski definition) is 4. The van der Waals surface area contributed by atoms with Crippen molar-refractivity contribution in [2.45, 2.75) is 86.9 Å². The fraction of sp³-hybridized carbons (Fsp3) is 0.895. The molecule has 0 aliphatic carbocycles. The fourth-order valence-electron chi connectivity index (χ4n) is 2.88. The lowest BCUT2D eigenvalue weighted by Gasteiger charge is -2.25. The van der Waals surface area contributed by atoms with Crippen molar-refractivity contribution in [1.82, 2.24) is 0 Å². The first-order chi connectivity index (χ1) is 10.6. The Labute approximate surface area is 142 Å². The molecule has 0 aliphatic heterocycles. The van der Waals surface area contributed by atoms with E-state index < -0.39 is 0 Å². The molecule has 0 aromatic rings. The number of carbonyl (C=O) groups is 2. The van der Waals surface area contributed by atoms with Gasteiger partial charge in [-0.15, -0.1) is 0 Å². The highest BCUT2D eigenvalue weighted by atomic mass is 16.5. The molecule has 0 saturated carbocycles. The molecule has 0 fully saturated rings. The van der Waals surface area contributed by atoms with Crippen molar-refractivity contribution in [1.29, 1.82) is 0 Å². The van der Waals surface area contributed by atoms with E-state index in [1.54, 1.807) is 0 Å². The van der Waals surface area contributed by atoms with Crippen LogP contribution in [0, 0.1) is 23.7 Å². The minimum atomic E-state index is -0.227. The Morgan fingerprint density at radius 2 is 0.870 bits per heavy atom. The minimum Gasteiger partial charge on any atom is -0.462 e. The van der Waals surface area contributed by atoms with Gasteiger partial charge in [0, 0.05) is 12.8 Å². The molecule has 23 heavy (non-hydrogen) atoms. The molecule has 0 spiro atoms. The van der Waals surface area contributed by atoms with E-state index in [9.17, 15) is 9.59 Å². The van der Waals surface area contributed by atoms with E-state index in [0.29, 0.717) is 30.1 Å². The second-order valence-corrected chi connectivity index (χ2v) is 7.74. The lowest BCUT2D eigenvalue weighted by atomic mass is 9.96. The molecular formula is C19H36O4. The van der Waals surface area contributed by atoms with E-state index in [1.807, 2.05) is 55.4 Å². The molecule has 0 rings (SSSR count). The van der Waals surface area contributed by atoms with Crippen LogP contribution in [0.4, 0.5) is 0 Å². The second kappa shape index (κ2) is 10.7. The number of rotatable bonds is 10. The summed E-state index contributed by atoms with van der Waals surface area (Å²) in [5.41, 5.74) is 0. The Bertz CT molecular complexity index is 308. The quantitative estimate of drug-likeness (QED) is 0.550. The molecule has 0 aliphatic rings. The summed E-state index contributed by atoms with van der Waals surface area (Å²) in [6, 6.07) is 0. The molecule has 0 aromatic carbocycles. The van der Waals surface area contributed by atoms with Crippen LogP contribution in [0.25, 0.3) is 0 Å². The van der Waals surface area contributed by atoms with Crippen LogP contribution in [0.15, 0.2) is 0 Å². The first-order valence-electron chi connectivity index (χ1n) is 8.95. The Hall–Kier alpha value is -1.06. The van der Waals surface area contributed by atoms with E-state index in [1.165, 1.54) is 0 Å². The van der Waals surface area contributed by atoms with Gasteiger partial charge in [0.25, 0.3) is 0 Å². The van der Waals surface area contributed by atoms with Crippen molar-refractivity contribution in [2.24, 2.45) is 23.7 Å². The van der Waals surface area contributed by atoms with Gasteiger partial charge in [0.1, 0.15) is 12.2 Å². The highest BCUT2D eigenvalue weighted by Gasteiger charge is 2.23. The SMILES string of the molecule is CC(C)C(OC(=O)CCCC(=O)OC(C(C)C)C(C)C)C(C)C. The molecule has 0 saturated heterocycles. The van der Waals surface area contributed by atoms with Crippen molar-refractivity contribution in [3.63, 3.8) is 0 Å². The van der Waals surface area contributed by atoms with Gasteiger partial charge in [0.2, 0.25) is 0 Å². The number of hydrogen-bond donors (Lipinski definition) is 0. The molecule has 4 heteroatoms. The Balaban J connectivity index is 4.19. The van der Waals surface area contributed by atoms with Crippen LogP contribution in [0.5, 0.6) is 0 Å². The van der Waals surface area contributed by atoms with Gasteiger partial charge in [-0.2, -0.15) is 0 Å². The summed E-state index contributed by atoms with van der Waals surface area (Å²) in [5.74, 6) is 0.718. The molecule has 0 atom stereocenters. The molecule has 0 N–H and O–H groups in total. The van der Waals surface area contributed by atoms with Crippen molar-refractivity contribution in [3.8, 4) is 0 Å². The van der Waals surface area contributed by atoms with Crippen molar-refractivity contribution in [2.75, 3.05) is 0 Å². The van der Waals surface area contributed by atoms with Gasteiger partial charge in [0.15, 0.2) is 0 Å². The maximum atomic E-state index is 11.9. The lowest BCUT2D eigenvalue weighted by Crippen LogP contribution is -2.29. The van der Waals surface area contributed by atoms with Gasteiger partial charge in [-0.3, -0.25) is 9.59 Å². The van der Waals surface area contributed by atoms with Crippen LogP contribution in [-0.4, -0.2) is 24.1 Å². The molecular weight excluding hydrogens is 292 g/mol. The maximum absolute atomic E-state index is 11.9. The third-order valence-corrected chi connectivity index (χ3v) is 3.93.